The lowest BCUT2D eigenvalue weighted by Gasteiger charge is -2.34. The second-order valence-electron chi connectivity index (χ2n) is 5.44. The monoisotopic (exact) mass is 273 g/mol. The molecule has 5 heteroatoms. The van der Waals surface area contributed by atoms with Crippen molar-refractivity contribution in [3.8, 4) is 0 Å². The molecule has 1 fully saturated rings. The van der Waals surface area contributed by atoms with Gasteiger partial charge in [0.1, 0.15) is 5.82 Å². The number of hydrogen-bond donors (Lipinski definition) is 2. The van der Waals surface area contributed by atoms with Crippen molar-refractivity contribution in [1.29, 1.82) is 0 Å². The number of para-hydroxylation sites is 1. The average Bonchev–Trinajstić information content (AvgIpc) is 2.46. The van der Waals surface area contributed by atoms with E-state index in [0.717, 1.165) is 24.9 Å². The Morgan fingerprint density at radius 2 is 2.25 bits per heavy atom. The maximum Gasteiger partial charge on any atom is 0.258 e. The maximum absolute atomic E-state index is 12.1. The van der Waals surface area contributed by atoms with E-state index in [1.165, 1.54) is 0 Å². The molecule has 0 bridgehead atoms. The highest BCUT2D eigenvalue weighted by atomic mass is 16.3. The van der Waals surface area contributed by atoms with Gasteiger partial charge in [0.15, 0.2) is 0 Å². The van der Waals surface area contributed by atoms with Crippen LogP contribution in [0.25, 0.3) is 10.9 Å². The predicted molar refractivity (Wildman–Crippen MR) is 77.6 cm³/mol. The summed E-state index contributed by atoms with van der Waals surface area (Å²) in [7, 11) is 0. The fourth-order valence-corrected chi connectivity index (χ4v) is 2.81. The Morgan fingerprint density at radius 3 is 3.05 bits per heavy atom. The molecule has 0 aliphatic carbocycles. The van der Waals surface area contributed by atoms with Crippen molar-refractivity contribution in [2.75, 3.05) is 13.1 Å². The zero-order valence-electron chi connectivity index (χ0n) is 11.5. The molecule has 2 heterocycles. The zero-order valence-corrected chi connectivity index (χ0v) is 11.5. The molecular weight excluding hydrogens is 254 g/mol. The lowest BCUT2D eigenvalue weighted by Crippen LogP contribution is -2.40. The third kappa shape index (κ3) is 2.46. The fourth-order valence-electron chi connectivity index (χ4n) is 2.81. The summed E-state index contributed by atoms with van der Waals surface area (Å²) in [4.78, 5) is 21.7. The summed E-state index contributed by atoms with van der Waals surface area (Å²) >= 11 is 0. The Labute approximate surface area is 117 Å². The van der Waals surface area contributed by atoms with E-state index in [9.17, 15) is 9.90 Å². The first kappa shape index (κ1) is 13.3. The topological polar surface area (TPSA) is 69.2 Å². The van der Waals surface area contributed by atoms with Gasteiger partial charge in [-0.25, -0.2) is 4.98 Å². The molecule has 2 atom stereocenters. The molecule has 0 spiro atoms. The second-order valence-corrected chi connectivity index (χ2v) is 5.44. The number of nitrogens with one attached hydrogen (secondary N) is 1. The van der Waals surface area contributed by atoms with E-state index in [2.05, 4.69) is 14.9 Å². The van der Waals surface area contributed by atoms with Crippen LogP contribution in [0.3, 0.4) is 0 Å². The van der Waals surface area contributed by atoms with E-state index in [4.69, 9.17) is 0 Å². The molecule has 2 unspecified atom stereocenters. The number of aliphatic hydroxyl groups is 1. The zero-order chi connectivity index (χ0) is 14.1. The van der Waals surface area contributed by atoms with E-state index in [1.54, 1.807) is 6.07 Å². The van der Waals surface area contributed by atoms with Crippen LogP contribution in [0.4, 0.5) is 0 Å². The lowest BCUT2D eigenvalue weighted by atomic mass is 10.1. The van der Waals surface area contributed by atoms with Crippen molar-refractivity contribution in [2.45, 2.75) is 31.9 Å². The van der Waals surface area contributed by atoms with Crippen LogP contribution in [-0.2, 0) is 0 Å². The number of benzene rings is 1. The molecule has 2 aromatic rings. The predicted octanol–water partition coefficient (Wildman–Crippen LogP) is 1.44. The number of rotatable bonds is 2. The Morgan fingerprint density at radius 1 is 1.45 bits per heavy atom. The summed E-state index contributed by atoms with van der Waals surface area (Å²) in [6, 6.07) is 7.35. The van der Waals surface area contributed by atoms with E-state index >= 15 is 0 Å². The number of aromatic nitrogens is 2. The number of piperidine rings is 1. The van der Waals surface area contributed by atoms with Gasteiger partial charge in [-0.15, -0.1) is 0 Å². The van der Waals surface area contributed by atoms with Crippen LogP contribution >= 0.6 is 0 Å². The van der Waals surface area contributed by atoms with E-state index < -0.39 is 0 Å². The van der Waals surface area contributed by atoms with Crippen LogP contribution in [0, 0.1) is 0 Å². The summed E-state index contributed by atoms with van der Waals surface area (Å²) < 4.78 is 0. The molecule has 1 aromatic carbocycles. The molecule has 2 N–H and O–H groups in total. The minimum Gasteiger partial charge on any atom is -0.392 e. The highest BCUT2D eigenvalue weighted by Crippen LogP contribution is 2.22. The minimum atomic E-state index is -0.279. The smallest absolute Gasteiger partial charge is 0.258 e. The van der Waals surface area contributed by atoms with Crippen molar-refractivity contribution < 1.29 is 5.11 Å². The average molecular weight is 273 g/mol. The highest BCUT2D eigenvalue weighted by Gasteiger charge is 2.24. The molecule has 0 radical (unpaired) electrons. The number of likely N-dealkylation sites (tertiary alicyclic amines) is 1. The van der Waals surface area contributed by atoms with Crippen LogP contribution in [-0.4, -0.2) is 39.2 Å². The van der Waals surface area contributed by atoms with E-state index in [-0.39, 0.29) is 17.7 Å². The Balaban J connectivity index is 1.95. The van der Waals surface area contributed by atoms with Crippen molar-refractivity contribution in [2.24, 2.45) is 0 Å². The van der Waals surface area contributed by atoms with Crippen LogP contribution in [0.5, 0.6) is 0 Å². The van der Waals surface area contributed by atoms with Crippen LogP contribution in [0.1, 0.15) is 31.6 Å². The molecule has 0 saturated carbocycles. The SMILES string of the molecule is CC(c1nc2ccccc2c(=O)[nH]1)N1CCCC(O)C1. The second kappa shape index (κ2) is 5.34. The summed E-state index contributed by atoms with van der Waals surface area (Å²) in [6.07, 6.45) is 1.55. The van der Waals surface area contributed by atoms with Crippen LogP contribution < -0.4 is 5.56 Å². The molecule has 0 amide bonds. The Hall–Kier alpha value is -1.72. The first-order chi connectivity index (χ1) is 9.65. The highest BCUT2D eigenvalue weighted by molar-refractivity contribution is 5.77. The molecule has 1 aliphatic heterocycles. The number of β-amino-alcohol motifs (C(OH)–C–C–N with tert-alkyl or cyclic N) is 1. The molecule has 3 rings (SSSR count). The first-order valence-electron chi connectivity index (χ1n) is 7.06. The standard InChI is InChI=1S/C15H19N3O2/c1-10(18-8-4-5-11(19)9-18)14-16-13-7-3-2-6-12(13)15(20)17-14/h2-3,6-7,10-11,19H,4-5,8-9H2,1H3,(H,16,17,20). The maximum atomic E-state index is 12.1. The molecule has 106 valence electrons. The summed E-state index contributed by atoms with van der Waals surface area (Å²) in [6.45, 7) is 3.58. The van der Waals surface area contributed by atoms with Gasteiger partial charge >= 0.3 is 0 Å². The third-order valence-corrected chi connectivity index (χ3v) is 4.00. The third-order valence-electron chi connectivity index (χ3n) is 4.00. The molecule has 1 saturated heterocycles. The Bertz CT molecular complexity index is 667. The van der Waals surface area contributed by atoms with Gasteiger partial charge in [-0.05, 0) is 38.4 Å². The van der Waals surface area contributed by atoms with Crippen LogP contribution in [0.2, 0.25) is 0 Å². The number of aliphatic hydroxyl groups excluding tert-OH is 1. The van der Waals surface area contributed by atoms with Crippen LogP contribution in [0.15, 0.2) is 29.1 Å². The van der Waals surface area contributed by atoms with Crippen molar-refractivity contribution in [3.63, 3.8) is 0 Å². The number of fused-ring (bicyclic) bond motifs is 1. The van der Waals surface area contributed by atoms with Gasteiger partial charge in [0.25, 0.3) is 5.56 Å². The fraction of sp³-hybridized carbons (Fsp3) is 0.467. The van der Waals surface area contributed by atoms with Gasteiger partial charge in [-0.1, -0.05) is 12.1 Å². The minimum absolute atomic E-state index is 0.00209. The molecule has 1 aliphatic rings. The quantitative estimate of drug-likeness (QED) is 0.868. The summed E-state index contributed by atoms with van der Waals surface area (Å²) in [5, 5.41) is 10.4. The Kier molecular flexibility index (Phi) is 3.54. The number of nitrogens with zero attached hydrogens (tertiary/aromatic N) is 2. The molecule has 20 heavy (non-hydrogen) atoms. The number of H-pyrrole nitrogens is 1. The van der Waals surface area contributed by atoms with Gasteiger partial charge in [0.2, 0.25) is 0 Å². The summed E-state index contributed by atoms with van der Waals surface area (Å²) in [5.41, 5.74) is 0.616. The van der Waals surface area contributed by atoms with Gasteiger partial charge < -0.3 is 10.1 Å². The number of hydrogen-bond acceptors (Lipinski definition) is 4. The molecule has 1 aromatic heterocycles. The first-order valence-corrected chi connectivity index (χ1v) is 7.06. The normalized spacial score (nSPS) is 22.0. The van der Waals surface area contributed by atoms with E-state index in [1.807, 2.05) is 25.1 Å². The van der Waals surface area contributed by atoms with Crippen molar-refractivity contribution in [1.82, 2.24) is 14.9 Å². The molecule has 5 nitrogen and oxygen atoms in total. The molecular formula is C15H19N3O2. The van der Waals surface area contributed by atoms with E-state index in [0.29, 0.717) is 17.8 Å². The number of aromatic amines is 1. The van der Waals surface area contributed by atoms with Gasteiger partial charge in [-0.2, -0.15) is 0 Å². The van der Waals surface area contributed by atoms with Crippen molar-refractivity contribution >= 4 is 10.9 Å². The largest absolute Gasteiger partial charge is 0.392 e. The lowest BCUT2D eigenvalue weighted by molar-refractivity contribution is 0.0484. The summed E-state index contributed by atoms with van der Waals surface area (Å²) in [5.74, 6) is 0.669. The van der Waals surface area contributed by atoms with Crippen molar-refractivity contribution in [3.05, 3.63) is 40.4 Å². The van der Waals surface area contributed by atoms with Gasteiger partial charge in [0.05, 0.1) is 23.0 Å². The van der Waals surface area contributed by atoms with Gasteiger partial charge in [-0.3, -0.25) is 9.69 Å². The van der Waals surface area contributed by atoms with Gasteiger partial charge in [0, 0.05) is 6.54 Å².